The van der Waals surface area contributed by atoms with Gasteiger partial charge in [-0.05, 0) is 35.9 Å². The lowest BCUT2D eigenvalue weighted by Gasteiger charge is -2.04. The Kier molecular flexibility index (Phi) is 3.08. The number of halogens is 1. The van der Waals surface area contributed by atoms with Gasteiger partial charge in [0.05, 0.1) is 11.6 Å². The number of benzene rings is 1. The van der Waals surface area contributed by atoms with Gasteiger partial charge in [0, 0.05) is 11.8 Å². The lowest BCUT2D eigenvalue weighted by Crippen LogP contribution is -2.08. The maximum atomic E-state index is 11.1. The molecule has 2 aromatic rings. The highest BCUT2D eigenvalue weighted by atomic mass is 35.5. The van der Waals surface area contributed by atoms with Gasteiger partial charge in [0.2, 0.25) is 5.28 Å². The van der Waals surface area contributed by atoms with Gasteiger partial charge < -0.3 is 5.32 Å². The van der Waals surface area contributed by atoms with E-state index in [2.05, 4.69) is 15.3 Å². The number of nitrogens with zero attached hydrogens (tertiary/aromatic N) is 2. The lowest BCUT2D eigenvalue weighted by molar-refractivity contribution is 1.12. The summed E-state index contributed by atoms with van der Waals surface area (Å²) in [5.74, 6) is 0.350. The third-order valence-electron chi connectivity index (χ3n) is 2.00. The summed E-state index contributed by atoms with van der Waals surface area (Å²) in [5.41, 5.74) is 0.951. The fourth-order valence-electron chi connectivity index (χ4n) is 1.27. The number of H-pyrrole nitrogens is 1. The third-order valence-corrected chi connectivity index (χ3v) is 2.18. The van der Waals surface area contributed by atoms with Crippen molar-refractivity contribution in [1.82, 2.24) is 9.97 Å². The summed E-state index contributed by atoms with van der Waals surface area (Å²) in [4.78, 5) is 17.4. The number of hydrogen-bond acceptors (Lipinski definition) is 4. The number of anilines is 2. The molecule has 1 heterocycles. The van der Waals surface area contributed by atoms with Crippen LogP contribution in [-0.4, -0.2) is 9.97 Å². The van der Waals surface area contributed by atoms with Gasteiger partial charge in [0.15, 0.2) is 0 Å². The number of aromatic amines is 1. The van der Waals surface area contributed by atoms with Crippen LogP contribution in [0.3, 0.4) is 0 Å². The van der Waals surface area contributed by atoms with Crippen LogP contribution in [0, 0.1) is 11.3 Å². The Balaban J connectivity index is 2.25. The summed E-state index contributed by atoms with van der Waals surface area (Å²) >= 11 is 5.61. The van der Waals surface area contributed by atoms with Gasteiger partial charge in [-0.25, -0.2) is 4.98 Å². The molecule has 0 spiro atoms. The van der Waals surface area contributed by atoms with Crippen molar-refractivity contribution in [2.75, 3.05) is 5.32 Å². The van der Waals surface area contributed by atoms with Crippen LogP contribution < -0.4 is 10.9 Å². The van der Waals surface area contributed by atoms with E-state index in [-0.39, 0.29) is 10.8 Å². The molecule has 0 unspecified atom stereocenters. The molecule has 1 aromatic heterocycles. The van der Waals surface area contributed by atoms with E-state index in [9.17, 15) is 4.79 Å². The first-order chi connectivity index (χ1) is 8.17. The molecule has 0 aliphatic heterocycles. The van der Waals surface area contributed by atoms with Gasteiger partial charge in [0.25, 0.3) is 5.56 Å². The van der Waals surface area contributed by atoms with E-state index < -0.39 is 0 Å². The van der Waals surface area contributed by atoms with E-state index in [1.807, 2.05) is 6.07 Å². The molecule has 6 heteroatoms. The number of rotatable bonds is 2. The van der Waals surface area contributed by atoms with Crippen molar-refractivity contribution in [3.63, 3.8) is 0 Å². The van der Waals surface area contributed by atoms with E-state index >= 15 is 0 Å². The van der Waals surface area contributed by atoms with Crippen molar-refractivity contribution in [2.45, 2.75) is 0 Å². The summed E-state index contributed by atoms with van der Waals surface area (Å²) in [5, 5.41) is 11.6. The smallest absolute Gasteiger partial charge is 0.253 e. The van der Waals surface area contributed by atoms with Crippen LogP contribution in [0.4, 0.5) is 11.5 Å². The van der Waals surface area contributed by atoms with Gasteiger partial charge in [-0.2, -0.15) is 5.26 Å². The molecule has 1 aromatic carbocycles. The first-order valence-corrected chi connectivity index (χ1v) is 5.09. The molecule has 0 atom stereocenters. The fraction of sp³-hybridized carbons (Fsp3) is 0. The van der Waals surface area contributed by atoms with Crippen molar-refractivity contribution in [1.29, 1.82) is 5.26 Å². The van der Waals surface area contributed by atoms with E-state index in [0.717, 1.165) is 5.69 Å². The van der Waals surface area contributed by atoms with Crippen molar-refractivity contribution in [2.24, 2.45) is 0 Å². The molecule has 17 heavy (non-hydrogen) atoms. The second-order valence-corrected chi connectivity index (χ2v) is 3.59. The maximum absolute atomic E-state index is 11.1. The van der Waals surface area contributed by atoms with Crippen molar-refractivity contribution in [3.8, 4) is 6.07 Å². The average molecular weight is 247 g/mol. The molecule has 0 saturated heterocycles. The fourth-order valence-corrected chi connectivity index (χ4v) is 1.45. The highest BCUT2D eigenvalue weighted by Gasteiger charge is 2.00. The Labute approximate surface area is 102 Å². The lowest BCUT2D eigenvalue weighted by atomic mass is 10.2. The largest absolute Gasteiger partial charge is 0.340 e. The highest BCUT2D eigenvalue weighted by Crippen LogP contribution is 2.14. The molecule has 0 aliphatic rings. The van der Waals surface area contributed by atoms with Crippen LogP contribution in [0.25, 0.3) is 0 Å². The van der Waals surface area contributed by atoms with Gasteiger partial charge in [0.1, 0.15) is 5.82 Å². The highest BCUT2D eigenvalue weighted by molar-refractivity contribution is 6.28. The first-order valence-electron chi connectivity index (χ1n) is 4.71. The van der Waals surface area contributed by atoms with Crippen molar-refractivity contribution in [3.05, 3.63) is 51.5 Å². The monoisotopic (exact) mass is 246 g/mol. The Morgan fingerprint density at radius 3 is 2.65 bits per heavy atom. The molecule has 5 nitrogen and oxygen atoms in total. The molecular formula is C11H7ClN4O. The van der Waals surface area contributed by atoms with Crippen LogP contribution in [0.5, 0.6) is 0 Å². The van der Waals surface area contributed by atoms with Crippen LogP contribution in [-0.2, 0) is 0 Å². The zero-order valence-corrected chi connectivity index (χ0v) is 9.32. The summed E-state index contributed by atoms with van der Waals surface area (Å²) in [7, 11) is 0. The summed E-state index contributed by atoms with van der Waals surface area (Å²) in [6.07, 6.45) is 0. The number of aromatic nitrogens is 2. The van der Waals surface area contributed by atoms with Crippen LogP contribution in [0.2, 0.25) is 5.28 Å². The minimum atomic E-state index is -0.332. The molecule has 0 aliphatic carbocycles. The zero-order valence-electron chi connectivity index (χ0n) is 8.57. The molecule has 0 bridgehead atoms. The second kappa shape index (κ2) is 4.68. The van der Waals surface area contributed by atoms with Crippen molar-refractivity contribution >= 4 is 23.1 Å². The summed E-state index contributed by atoms with van der Waals surface area (Å²) < 4.78 is 0. The normalized spacial score (nSPS) is 9.65. The van der Waals surface area contributed by atoms with Crippen LogP contribution in [0.1, 0.15) is 5.56 Å². The van der Waals surface area contributed by atoms with E-state index in [1.165, 1.54) is 6.07 Å². The van der Waals surface area contributed by atoms with Crippen LogP contribution >= 0.6 is 11.6 Å². The third kappa shape index (κ3) is 2.83. The molecule has 84 valence electrons. The van der Waals surface area contributed by atoms with Crippen LogP contribution in [0.15, 0.2) is 35.1 Å². The Hall–Kier alpha value is -2.32. The SMILES string of the molecule is N#Cc1ccc(Nc2cc(=O)[nH]c(Cl)n2)cc1. The maximum Gasteiger partial charge on any atom is 0.253 e. The minimum Gasteiger partial charge on any atom is -0.340 e. The van der Waals surface area contributed by atoms with E-state index in [0.29, 0.717) is 11.4 Å². The summed E-state index contributed by atoms with van der Waals surface area (Å²) in [6.45, 7) is 0. The molecule has 0 fully saturated rings. The second-order valence-electron chi connectivity index (χ2n) is 3.24. The predicted octanol–water partition coefficient (Wildman–Crippen LogP) is 2.04. The molecule has 0 radical (unpaired) electrons. The quantitative estimate of drug-likeness (QED) is 0.795. The van der Waals surface area contributed by atoms with E-state index in [1.54, 1.807) is 24.3 Å². The zero-order chi connectivity index (χ0) is 12.3. The molecule has 2 rings (SSSR count). The summed E-state index contributed by atoms with van der Waals surface area (Å²) in [6, 6.07) is 10.1. The standard InChI is InChI=1S/C11H7ClN4O/c12-11-15-9(5-10(17)16-11)14-8-3-1-7(6-13)2-4-8/h1-5H,(H2,14,15,16,17). The Bertz CT molecular complexity index is 627. The van der Waals surface area contributed by atoms with Crippen molar-refractivity contribution < 1.29 is 0 Å². The number of hydrogen-bond donors (Lipinski definition) is 2. The Morgan fingerprint density at radius 2 is 2.06 bits per heavy atom. The topological polar surface area (TPSA) is 81.6 Å². The first kappa shape index (κ1) is 11.2. The van der Waals surface area contributed by atoms with Gasteiger partial charge in [-0.3, -0.25) is 9.78 Å². The number of nitrogens with one attached hydrogen (secondary N) is 2. The minimum absolute atomic E-state index is 0.0219. The molecule has 0 saturated carbocycles. The van der Waals surface area contributed by atoms with Gasteiger partial charge in [-0.1, -0.05) is 0 Å². The predicted molar refractivity (Wildman–Crippen MR) is 64.3 cm³/mol. The average Bonchev–Trinajstić information content (AvgIpc) is 2.28. The van der Waals surface area contributed by atoms with Gasteiger partial charge >= 0.3 is 0 Å². The molecule has 0 amide bonds. The van der Waals surface area contributed by atoms with E-state index in [4.69, 9.17) is 16.9 Å². The number of nitriles is 1. The molecular weight excluding hydrogens is 240 g/mol. The van der Waals surface area contributed by atoms with Gasteiger partial charge in [-0.15, -0.1) is 0 Å². The molecule has 2 N–H and O–H groups in total. The Morgan fingerprint density at radius 1 is 1.35 bits per heavy atom.